The summed E-state index contributed by atoms with van der Waals surface area (Å²) in [5.41, 5.74) is 0.102. The van der Waals surface area contributed by atoms with Gasteiger partial charge in [0, 0.05) is 5.02 Å². The van der Waals surface area contributed by atoms with Crippen LogP contribution < -0.4 is 5.14 Å². The number of benzene rings is 1. The molecule has 0 spiro atoms. The number of halogens is 2. The number of sulfonamides is 1. The Bertz CT molecular complexity index is 792. The number of hydrogen-bond donors (Lipinski definition) is 1. The van der Waals surface area contributed by atoms with Gasteiger partial charge in [-0.05, 0) is 18.2 Å². The molecule has 2 aromatic rings. The van der Waals surface area contributed by atoms with E-state index in [1.165, 1.54) is 18.2 Å². The summed E-state index contributed by atoms with van der Waals surface area (Å²) in [6.45, 7) is 0. The molecule has 6 nitrogen and oxygen atoms in total. The highest BCUT2D eigenvalue weighted by atomic mass is 35.5. The first-order valence-corrected chi connectivity index (χ1v) is 7.11. The Labute approximate surface area is 119 Å². The van der Waals surface area contributed by atoms with Gasteiger partial charge >= 0.3 is 0 Å². The molecule has 0 bridgehead atoms. The average molecular weight is 317 g/mol. The van der Waals surface area contributed by atoms with Crippen molar-refractivity contribution in [2.75, 3.05) is 0 Å². The van der Waals surface area contributed by atoms with E-state index >= 15 is 0 Å². The number of aromatic nitrogens is 2. The lowest BCUT2D eigenvalue weighted by Gasteiger charge is -2.08. The van der Waals surface area contributed by atoms with Crippen LogP contribution in [-0.2, 0) is 10.0 Å². The topological polar surface area (TPSA) is 102 Å². The molecule has 9 heteroatoms. The molecule has 1 heterocycles. The van der Waals surface area contributed by atoms with E-state index in [9.17, 15) is 8.42 Å². The van der Waals surface area contributed by atoms with E-state index < -0.39 is 15.0 Å². The Morgan fingerprint density at radius 3 is 2.58 bits per heavy atom. The molecule has 0 fully saturated rings. The van der Waals surface area contributed by atoms with Crippen molar-refractivity contribution >= 4 is 33.2 Å². The summed E-state index contributed by atoms with van der Waals surface area (Å²) in [5.74, 6) is 0. The van der Waals surface area contributed by atoms with Gasteiger partial charge in [0.05, 0.1) is 16.9 Å². The molecule has 2 N–H and O–H groups in total. The van der Waals surface area contributed by atoms with E-state index in [-0.39, 0.29) is 16.3 Å². The van der Waals surface area contributed by atoms with Crippen molar-refractivity contribution in [1.82, 2.24) is 9.78 Å². The van der Waals surface area contributed by atoms with E-state index in [0.29, 0.717) is 5.02 Å². The minimum atomic E-state index is -4.12. The van der Waals surface area contributed by atoms with Gasteiger partial charge in [0.1, 0.15) is 11.6 Å². The summed E-state index contributed by atoms with van der Waals surface area (Å²) >= 11 is 11.7. The van der Waals surface area contributed by atoms with Crippen molar-refractivity contribution in [3.8, 4) is 11.8 Å². The van der Waals surface area contributed by atoms with Crippen LogP contribution in [-0.4, -0.2) is 18.2 Å². The predicted molar refractivity (Wildman–Crippen MR) is 69.7 cm³/mol. The number of nitriles is 1. The highest BCUT2D eigenvalue weighted by Gasteiger charge is 2.23. The van der Waals surface area contributed by atoms with Gasteiger partial charge in [0.25, 0.3) is 10.0 Å². The molecular weight excluding hydrogens is 311 g/mol. The Morgan fingerprint density at radius 2 is 2.05 bits per heavy atom. The first kappa shape index (κ1) is 13.8. The van der Waals surface area contributed by atoms with Crippen molar-refractivity contribution < 1.29 is 8.42 Å². The zero-order chi connectivity index (χ0) is 14.2. The maximum atomic E-state index is 11.5. The fraction of sp³-hybridized carbons (Fsp3) is 0. The molecule has 0 aliphatic heterocycles. The van der Waals surface area contributed by atoms with Gasteiger partial charge in [-0.2, -0.15) is 10.4 Å². The van der Waals surface area contributed by atoms with Gasteiger partial charge in [-0.15, -0.1) is 0 Å². The number of hydrogen-bond acceptors (Lipinski definition) is 4. The van der Waals surface area contributed by atoms with Crippen molar-refractivity contribution in [3.05, 3.63) is 40.0 Å². The lowest BCUT2D eigenvalue weighted by molar-refractivity contribution is 0.587. The molecule has 0 saturated heterocycles. The molecule has 98 valence electrons. The van der Waals surface area contributed by atoms with Crippen LogP contribution in [0.4, 0.5) is 0 Å². The molecule has 0 atom stereocenters. The van der Waals surface area contributed by atoms with Crippen molar-refractivity contribution in [1.29, 1.82) is 5.26 Å². The average Bonchev–Trinajstić information content (AvgIpc) is 2.72. The summed E-state index contributed by atoms with van der Waals surface area (Å²) < 4.78 is 24.1. The molecule has 0 radical (unpaired) electrons. The highest BCUT2D eigenvalue weighted by Crippen LogP contribution is 2.27. The van der Waals surface area contributed by atoms with E-state index in [1.807, 2.05) is 0 Å². The summed E-state index contributed by atoms with van der Waals surface area (Å²) in [7, 11) is -4.12. The molecular formula is C10H6Cl2N4O2S. The van der Waals surface area contributed by atoms with Gasteiger partial charge in [-0.3, -0.25) is 0 Å². The second-order valence-electron chi connectivity index (χ2n) is 3.53. The van der Waals surface area contributed by atoms with Crippen LogP contribution in [0.3, 0.4) is 0 Å². The van der Waals surface area contributed by atoms with E-state index in [4.69, 9.17) is 33.6 Å². The third kappa shape index (κ3) is 2.57. The first-order valence-electron chi connectivity index (χ1n) is 4.81. The molecule has 1 aromatic carbocycles. The summed E-state index contributed by atoms with van der Waals surface area (Å²) in [6.07, 6.45) is 1.10. The fourth-order valence-electron chi connectivity index (χ4n) is 1.51. The highest BCUT2D eigenvalue weighted by molar-refractivity contribution is 7.89. The third-order valence-corrected chi connectivity index (χ3v) is 3.72. The molecule has 0 aliphatic rings. The van der Waals surface area contributed by atoms with Crippen molar-refractivity contribution in [3.63, 3.8) is 0 Å². The van der Waals surface area contributed by atoms with Crippen LogP contribution in [0.1, 0.15) is 5.56 Å². The molecule has 1 aromatic heterocycles. The maximum absolute atomic E-state index is 11.5. The lowest BCUT2D eigenvalue weighted by atomic mass is 10.3. The van der Waals surface area contributed by atoms with Crippen LogP contribution in [0.25, 0.3) is 5.69 Å². The molecule has 2 rings (SSSR count). The van der Waals surface area contributed by atoms with E-state index in [0.717, 1.165) is 10.9 Å². The lowest BCUT2D eigenvalue weighted by Crippen LogP contribution is -2.18. The third-order valence-electron chi connectivity index (χ3n) is 2.25. The Hall–Kier alpha value is -1.59. The van der Waals surface area contributed by atoms with Crippen molar-refractivity contribution in [2.24, 2.45) is 5.14 Å². The summed E-state index contributed by atoms with van der Waals surface area (Å²) in [6, 6.07) is 6.14. The summed E-state index contributed by atoms with van der Waals surface area (Å²) in [5, 5.41) is 17.9. The molecule has 0 amide bonds. The number of primary sulfonamides is 1. The van der Waals surface area contributed by atoms with Gasteiger partial charge in [-0.25, -0.2) is 18.2 Å². The molecule has 0 aliphatic carbocycles. The quantitative estimate of drug-likeness (QED) is 0.910. The molecule has 0 unspecified atom stereocenters. The van der Waals surface area contributed by atoms with Crippen LogP contribution >= 0.6 is 23.2 Å². The maximum Gasteiger partial charge on any atom is 0.257 e. The predicted octanol–water partition coefficient (Wildman–Crippen LogP) is 1.70. The first-order chi connectivity index (χ1) is 8.84. The van der Waals surface area contributed by atoms with Crippen LogP contribution in [0.15, 0.2) is 29.4 Å². The second kappa shape index (κ2) is 4.83. The Morgan fingerprint density at radius 1 is 1.37 bits per heavy atom. The summed E-state index contributed by atoms with van der Waals surface area (Å²) in [4.78, 5) is 0. The minimum Gasteiger partial charge on any atom is -0.223 e. The largest absolute Gasteiger partial charge is 0.257 e. The van der Waals surface area contributed by atoms with Gasteiger partial charge in [0.15, 0.2) is 5.03 Å². The van der Waals surface area contributed by atoms with Gasteiger partial charge in [-0.1, -0.05) is 23.2 Å². The number of nitrogens with zero attached hydrogens (tertiary/aromatic N) is 3. The van der Waals surface area contributed by atoms with Crippen LogP contribution in [0.2, 0.25) is 10.0 Å². The second-order valence-corrected chi connectivity index (χ2v) is 5.85. The molecule has 0 saturated carbocycles. The normalized spacial score (nSPS) is 11.3. The zero-order valence-electron chi connectivity index (χ0n) is 9.21. The Balaban J connectivity index is 2.78. The zero-order valence-corrected chi connectivity index (χ0v) is 11.5. The SMILES string of the molecule is N#Cc1cnn(-c2ccc(Cl)cc2Cl)c1S(N)(=O)=O. The smallest absolute Gasteiger partial charge is 0.223 e. The Kier molecular flexibility index (Phi) is 3.52. The van der Waals surface area contributed by atoms with Gasteiger partial charge < -0.3 is 0 Å². The van der Waals surface area contributed by atoms with E-state index in [2.05, 4.69) is 5.10 Å². The molecule has 19 heavy (non-hydrogen) atoms. The number of nitrogens with two attached hydrogens (primary N) is 1. The van der Waals surface area contributed by atoms with Crippen LogP contribution in [0.5, 0.6) is 0 Å². The van der Waals surface area contributed by atoms with Crippen molar-refractivity contribution in [2.45, 2.75) is 5.03 Å². The standard InChI is InChI=1S/C10H6Cl2N4O2S/c11-7-1-2-9(8(12)3-7)16-10(19(14,17)18)6(4-13)5-15-16/h1-3,5H,(H2,14,17,18). The fourth-order valence-corrected chi connectivity index (χ4v) is 2.79. The van der Waals surface area contributed by atoms with E-state index in [1.54, 1.807) is 6.07 Å². The van der Waals surface area contributed by atoms with Crippen LogP contribution in [0, 0.1) is 11.3 Å². The van der Waals surface area contributed by atoms with Gasteiger partial charge in [0.2, 0.25) is 0 Å². The minimum absolute atomic E-state index is 0.159. The monoisotopic (exact) mass is 316 g/mol. The number of rotatable bonds is 2.